The fourth-order valence-corrected chi connectivity index (χ4v) is 3.05. The summed E-state index contributed by atoms with van der Waals surface area (Å²) in [4.78, 5) is 49.9. The number of methoxy groups -OCH3 is 1. The van der Waals surface area contributed by atoms with Gasteiger partial charge in [0.15, 0.2) is 24.0 Å². The Balaban J connectivity index is 1.99. The van der Waals surface area contributed by atoms with E-state index >= 15 is 0 Å². The van der Waals surface area contributed by atoms with Gasteiger partial charge in [-0.1, -0.05) is 0 Å². The van der Waals surface area contributed by atoms with E-state index in [1.165, 1.54) is 34.2 Å². The van der Waals surface area contributed by atoms with Gasteiger partial charge < -0.3 is 28.7 Å². The number of carbonyl (C=O) groups excluding carboxylic acids is 3. The number of hydrogen-bond acceptors (Lipinski definition) is 11. The summed E-state index contributed by atoms with van der Waals surface area (Å²) in [5.41, 5.74) is 0.729. The van der Waals surface area contributed by atoms with Gasteiger partial charge >= 0.3 is 17.9 Å². The van der Waals surface area contributed by atoms with Crippen molar-refractivity contribution in [3.8, 4) is 5.88 Å². The predicted molar refractivity (Wildman–Crippen MR) is 93.6 cm³/mol. The van der Waals surface area contributed by atoms with E-state index in [9.17, 15) is 14.4 Å². The number of nitrogens with zero attached hydrogens (tertiary/aromatic N) is 3. The average Bonchev–Trinajstić information content (AvgIpc) is 3.21. The molecule has 2 aromatic heterocycles. The van der Waals surface area contributed by atoms with Gasteiger partial charge in [-0.3, -0.25) is 14.4 Å². The highest BCUT2D eigenvalue weighted by Gasteiger charge is 2.51. The zero-order valence-electron chi connectivity index (χ0n) is 16.2. The van der Waals surface area contributed by atoms with E-state index in [0.29, 0.717) is 11.2 Å². The van der Waals surface area contributed by atoms with Gasteiger partial charge in [-0.25, -0.2) is 9.97 Å². The van der Waals surface area contributed by atoms with Crippen molar-refractivity contribution < 1.29 is 38.1 Å². The van der Waals surface area contributed by atoms with Crippen LogP contribution in [0, 0.1) is 0 Å². The van der Waals surface area contributed by atoms with Crippen molar-refractivity contribution in [3.63, 3.8) is 0 Å². The average molecular weight is 408 g/mol. The first-order valence-corrected chi connectivity index (χ1v) is 8.68. The van der Waals surface area contributed by atoms with Crippen LogP contribution in [0.25, 0.3) is 11.2 Å². The summed E-state index contributed by atoms with van der Waals surface area (Å²) in [7, 11) is 1.45. The summed E-state index contributed by atoms with van der Waals surface area (Å²) in [5, 5.41) is 0. The first-order chi connectivity index (χ1) is 13.8. The molecular weight excluding hydrogens is 388 g/mol. The number of aromatic amines is 1. The number of nitrogens with one attached hydrogen (secondary N) is 1. The van der Waals surface area contributed by atoms with Gasteiger partial charge in [-0.05, 0) is 0 Å². The monoisotopic (exact) mass is 408 g/mol. The van der Waals surface area contributed by atoms with Crippen LogP contribution in [-0.2, 0) is 33.3 Å². The summed E-state index contributed by atoms with van der Waals surface area (Å²) in [6.07, 6.45) is -2.57. The van der Waals surface area contributed by atoms with E-state index < -0.39 is 42.3 Å². The van der Waals surface area contributed by atoms with Gasteiger partial charge in [0.2, 0.25) is 5.88 Å². The van der Waals surface area contributed by atoms with E-state index in [4.69, 9.17) is 23.7 Å². The highest BCUT2D eigenvalue weighted by molar-refractivity contribution is 5.76. The van der Waals surface area contributed by atoms with Gasteiger partial charge in [0.25, 0.3) is 0 Å². The van der Waals surface area contributed by atoms with Gasteiger partial charge in [0.05, 0.1) is 7.11 Å². The molecule has 0 bridgehead atoms. The summed E-state index contributed by atoms with van der Waals surface area (Å²) < 4.78 is 26.8. The third-order valence-electron chi connectivity index (χ3n) is 4.10. The minimum Gasteiger partial charge on any atom is -0.479 e. The third-order valence-corrected chi connectivity index (χ3v) is 4.10. The lowest BCUT2D eigenvalue weighted by molar-refractivity contribution is -0.165. The smallest absolute Gasteiger partial charge is 0.303 e. The molecule has 4 atom stereocenters. The third kappa shape index (κ3) is 4.42. The maximum absolute atomic E-state index is 11.7. The largest absolute Gasteiger partial charge is 0.479 e. The minimum absolute atomic E-state index is 0.203. The van der Waals surface area contributed by atoms with Gasteiger partial charge in [-0.2, -0.15) is 4.98 Å². The first kappa shape index (κ1) is 20.5. The Bertz CT molecular complexity index is 929. The van der Waals surface area contributed by atoms with Crippen LogP contribution in [0.5, 0.6) is 5.88 Å². The number of aromatic nitrogens is 4. The lowest BCUT2D eigenvalue weighted by Crippen LogP contribution is -2.40. The molecule has 1 fully saturated rings. The van der Waals surface area contributed by atoms with Crippen molar-refractivity contribution in [1.29, 1.82) is 0 Å². The van der Waals surface area contributed by atoms with Crippen LogP contribution in [0.1, 0.15) is 32.7 Å². The first-order valence-electron chi connectivity index (χ1n) is 8.68. The summed E-state index contributed by atoms with van der Waals surface area (Å²) in [6.45, 7) is 3.46. The van der Waals surface area contributed by atoms with Crippen molar-refractivity contribution in [1.82, 2.24) is 19.9 Å². The molecule has 0 amide bonds. The van der Waals surface area contributed by atoms with Crippen molar-refractivity contribution >= 4 is 29.1 Å². The number of hydrogen-bond donors (Lipinski definition) is 1. The molecule has 0 radical (unpaired) electrons. The molecular formula is C17H20N4O8. The summed E-state index contributed by atoms with van der Waals surface area (Å²) in [6, 6.07) is 0. The Kier molecular flexibility index (Phi) is 5.92. The second-order valence-electron chi connectivity index (χ2n) is 6.25. The van der Waals surface area contributed by atoms with E-state index in [1.807, 2.05) is 0 Å². The summed E-state index contributed by atoms with van der Waals surface area (Å²) in [5.74, 6) is -1.23. The molecule has 29 heavy (non-hydrogen) atoms. The number of rotatable bonds is 6. The lowest BCUT2D eigenvalue weighted by atomic mass is 10.1. The zero-order valence-corrected chi connectivity index (χ0v) is 16.2. The predicted octanol–water partition coefficient (Wildman–Crippen LogP) is 0.228. The zero-order chi connectivity index (χ0) is 21.1. The highest BCUT2D eigenvalue weighted by atomic mass is 16.6. The normalized spacial score (nSPS) is 23.6. The Morgan fingerprint density at radius 1 is 1.07 bits per heavy atom. The molecule has 156 valence electrons. The number of imidazole rings is 1. The minimum atomic E-state index is -1.03. The van der Waals surface area contributed by atoms with Crippen molar-refractivity contribution in [2.24, 2.45) is 0 Å². The summed E-state index contributed by atoms with van der Waals surface area (Å²) >= 11 is 0. The van der Waals surface area contributed by atoms with E-state index in [-0.39, 0.29) is 18.3 Å². The van der Waals surface area contributed by atoms with Crippen LogP contribution in [0.4, 0.5) is 0 Å². The molecule has 3 rings (SSSR count). The highest BCUT2D eigenvalue weighted by Crippen LogP contribution is 2.37. The van der Waals surface area contributed by atoms with Gasteiger partial charge in [0.1, 0.15) is 30.4 Å². The molecule has 0 aromatic carbocycles. The number of ether oxygens (including phenoxy) is 5. The molecule has 1 aliphatic heterocycles. The van der Waals surface area contributed by atoms with Crippen LogP contribution >= 0.6 is 0 Å². The molecule has 0 saturated carbocycles. The number of H-pyrrole nitrogens is 1. The fraction of sp³-hybridized carbons (Fsp3) is 0.529. The molecule has 0 unspecified atom stereocenters. The van der Waals surface area contributed by atoms with Crippen molar-refractivity contribution in [3.05, 3.63) is 12.2 Å². The van der Waals surface area contributed by atoms with Gasteiger partial charge in [0, 0.05) is 20.8 Å². The molecule has 2 aromatic rings. The molecule has 12 heteroatoms. The molecule has 12 nitrogen and oxygen atoms in total. The van der Waals surface area contributed by atoms with E-state index in [0.717, 1.165) is 0 Å². The molecule has 1 saturated heterocycles. The maximum atomic E-state index is 11.7. The second-order valence-corrected chi connectivity index (χ2v) is 6.25. The van der Waals surface area contributed by atoms with Crippen LogP contribution in [0.2, 0.25) is 0 Å². The van der Waals surface area contributed by atoms with E-state index in [1.54, 1.807) is 0 Å². The molecule has 3 heterocycles. The fourth-order valence-electron chi connectivity index (χ4n) is 3.05. The van der Waals surface area contributed by atoms with Crippen LogP contribution in [-0.4, -0.2) is 69.9 Å². The number of carbonyl (C=O) groups is 3. The topological polar surface area (TPSA) is 152 Å². The van der Waals surface area contributed by atoms with Gasteiger partial charge in [-0.15, -0.1) is 0 Å². The van der Waals surface area contributed by atoms with Crippen LogP contribution < -0.4 is 4.74 Å². The van der Waals surface area contributed by atoms with Crippen LogP contribution in [0.3, 0.4) is 0 Å². The standard InChI is InChI=1S/C17H20N4O8/c1-7(22)26-5-10-12(27-8(2)23)13(28-9(3)24)14(29-10)16-20-11-15(21-16)18-6-19-17(11)25-4/h6,10,12-14H,5H2,1-4H3,(H,18,19,20,21)/t10-,12+,13-,14-/m1/s1. The van der Waals surface area contributed by atoms with Crippen molar-refractivity contribution in [2.45, 2.75) is 45.2 Å². The lowest BCUT2D eigenvalue weighted by Gasteiger charge is -2.22. The molecule has 0 aliphatic carbocycles. The van der Waals surface area contributed by atoms with Crippen LogP contribution in [0.15, 0.2) is 6.33 Å². The molecule has 0 spiro atoms. The quantitative estimate of drug-likeness (QED) is 0.516. The Morgan fingerprint density at radius 3 is 2.38 bits per heavy atom. The van der Waals surface area contributed by atoms with Crippen molar-refractivity contribution in [2.75, 3.05) is 13.7 Å². The maximum Gasteiger partial charge on any atom is 0.303 e. The Hall–Kier alpha value is -3.28. The number of esters is 3. The van der Waals surface area contributed by atoms with E-state index in [2.05, 4.69) is 19.9 Å². The number of fused-ring (bicyclic) bond motifs is 1. The second kappa shape index (κ2) is 8.39. The SMILES string of the molecule is COc1ncnc2nc([C@@H]3O[C@H](COC(C)=O)[C@H](OC(C)=O)[C@H]3OC(C)=O)[nH]c12. The Morgan fingerprint density at radius 2 is 1.76 bits per heavy atom. The Labute approximate surface area is 164 Å². The molecule has 1 N–H and O–H groups in total. The molecule has 1 aliphatic rings.